The Hall–Kier alpha value is -2.49. The van der Waals surface area contributed by atoms with Crippen molar-refractivity contribution in [1.29, 1.82) is 0 Å². The van der Waals surface area contributed by atoms with Crippen molar-refractivity contribution < 1.29 is 23.6 Å². The van der Waals surface area contributed by atoms with E-state index in [1.54, 1.807) is 11.5 Å². The number of thiazole rings is 1. The molecule has 2 aromatic rings. The summed E-state index contributed by atoms with van der Waals surface area (Å²) in [5, 5.41) is 4.89. The van der Waals surface area contributed by atoms with E-state index in [1.165, 1.54) is 11.3 Å². The normalized spacial score (nSPS) is 17.6. The second-order valence-corrected chi connectivity index (χ2v) is 8.84. The lowest BCUT2D eigenvalue weighted by Gasteiger charge is -2.32. The van der Waals surface area contributed by atoms with Crippen LogP contribution >= 0.6 is 11.3 Å². The molecule has 1 amide bonds. The molecule has 0 bridgehead atoms. The number of nitrogens with zero attached hydrogens (tertiary/aromatic N) is 1. The first-order chi connectivity index (χ1) is 14.2. The average molecular weight is 428 g/mol. The number of carbonyl (C=O) groups is 2. The van der Waals surface area contributed by atoms with Crippen molar-refractivity contribution in [3.63, 3.8) is 0 Å². The number of amides is 1. The summed E-state index contributed by atoms with van der Waals surface area (Å²) in [6.45, 7) is 8.16. The van der Waals surface area contributed by atoms with E-state index in [-0.39, 0.29) is 13.2 Å². The van der Waals surface area contributed by atoms with Crippen LogP contribution in [0, 0.1) is 0 Å². The molecule has 1 N–H and O–H groups in total. The highest BCUT2D eigenvalue weighted by Crippen LogP contribution is 2.38. The lowest BCUT2D eigenvalue weighted by Crippen LogP contribution is -2.41. The first kappa shape index (κ1) is 22.2. The van der Waals surface area contributed by atoms with Gasteiger partial charge in [0, 0.05) is 11.9 Å². The number of benzene rings is 1. The van der Waals surface area contributed by atoms with Crippen LogP contribution in [0.15, 0.2) is 41.2 Å². The number of rotatable bonds is 7. The van der Waals surface area contributed by atoms with E-state index < -0.39 is 24.4 Å². The first-order valence-corrected chi connectivity index (χ1v) is 10.5. The van der Waals surface area contributed by atoms with Gasteiger partial charge in [0.15, 0.2) is 11.3 Å². The maximum Gasteiger partial charge on any atom is 0.492 e. The second kappa shape index (κ2) is 9.12. The number of nitrogens with one attached hydrogen (secondary N) is 1. The zero-order chi connectivity index (χ0) is 21.8. The molecule has 0 atom stereocenters. The van der Waals surface area contributed by atoms with Crippen LogP contribution < -0.4 is 5.32 Å². The molecule has 158 valence electrons. The Kier molecular flexibility index (Phi) is 6.75. The maximum absolute atomic E-state index is 12.2. The molecular formula is C21H25BN2O5S. The molecule has 0 aliphatic carbocycles. The van der Waals surface area contributed by atoms with Crippen LogP contribution in [0.25, 0.3) is 6.08 Å². The SMILES string of the molecule is CC1(C)OB(C(=Cc2csc(C=O)n2)CNC(=O)OCc2ccccc2)OC1(C)C. The third-order valence-corrected chi connectivity index (χ3v) is 5.97. The molecule has 0 spiro atoms. The molecule has 1 fully saturated rings. The zero-order valence-corrected chi connectivity index (χ0v) is 18.3. The van der Waals surface area contributed by atoms with E-state index in [1.807, 2.05) is 58.0 Å². The fraction of sp³-hybridized carbons (Fsp3) is 0.381. The van der Waals surface area contributed by atoms with Gasteiger partial charge in [0.2, 0.25) is 0 Å². The monoisotopic (exact) mass is 428 g/mol. The maximum atomic E-state index is 12.2. The Morgan fingerprint density at radius 1 is 1.20 bits per heavy atom. The molecule has 7 nitrogen and oxygen atoms in total. The smallest absolute Gasteiger partial charge is 0.445 e. The number of hydrogen-bond acceptors (Lipinski definition) is 7. The Bertz CT molecular complexity index is 910. The van der Waals surface area contributed by atoms with Gasteiger partial charge in [-0.3, -0.25) is 4.79 Å². The van der Waals surface area contributed by atoms with Crippen molar-refractivity contribution in [2.45, 2.75) is 45.5 Å². The van der Waals surface area contributed by atoms with Crippen LogP contribution in [-0.4, -0.2) is 42.2 Å². The van der Waals surface area contributed by atoms with Crippen molar-refractivity contribution in [3.05, 3.63) is 57.4 Å². The Morgan fingerprint density at radius 2 is 1.87 bits per heavy atom. The molecule has 1 aliphatic heterocycles. The summed E-state index contributed by atoms with van der Waals surface area (Å²) in [7, 11) is -0.661. The summed E-state index contributed by atoms with van der Waals surface area (Å²) in [4.78, 5) is 27.4. The van der Waals surface area contributed by atoms with Crippen LogP contribution in [-0.2, 0) is 20.7 Å². The van der Waals surface area contributed by atoms with Crippen molar-refractivity contribution in [3.8, 4) is 0 Å². The second-order valence-electron chi connectivity index (χ2n) is 7.95. The van der Waals surface area contributed by atoms with Gasteiger partial charge in [0.25, 0.3) is 0 Å². The number of hydrogen-bond donors (Lipinski definition) is 1. The van der Waals surface area contributed by atoms with Crippen LogP contribution in [0.1, 0.15) is 48.8 Å². The number of aromatic nitrogens is 1. The summed E-state index contributed by atoms with van der Waals surface area (Å²) in [6.07, 6.45) is 1.92. The Balaban J connectivity index is 1.70. The fourth-order valence-electron chi connectivity index (χ4n) is 2.76. The number of aldehydes is 1. The average Bonchev–Trinajstić information content (AvgIpc) is 3.25. The van der Waals surface area contributed by atoms with Crippen LogP contribution in [0.3, 0.4) is 0 Å². The quantitative estimate of drug-likeness (QED) is 0.532. The Labute approximate surface area is 180 Å². The van der Waals surface area contributed by atoms with Gasteiger partial charge in [-0.15, -0.1) is 11.3 Å². The highest BCUT2D eigenvalue weighted by molar-refractivity contribution is 7.11. The summed E-state index contributed by atoms with van der Waals surface area (Å²) in [5.41, 5.74) is 1.12. The molecular weight excluding hydrogens is 403 g/mol. The predicted molar refractivity (Wildman–Crippen MR) is 116 cm³/mol. The van der Waals surface area contributed by atoms with E-state index >= 15 is 0 Å². The molecule has 9 heteroatoms. The van der Waals surface area contributed by atoms with Gasteiger partial charge in [-0.1, -0.05) is 30.3 Å². The fourth-order valence-corrected chi connectivity index (χ4v) is 3.33. The van der Waals surface area contributed by atoms with Crippen molar-refractivity contribution >= 4 is 36.9 Å². The molecule has 0 unspecified atom stereocenters. The molecule has 1 aliphatic rings. The van der Waals surface area contributed by atoms with Gasteiger partial charge in [-0.2, -0.15) is 0 Å². The summed E-state index contributed by atoms with van der Waals surface area (Å²) in [6, 6.07) is 9.44. The summed E-state index contributed by atoms with van der Waals surface area (Å²) in [5.74, 6) is 0. The molecule has 3 rings (SSSR count). The lowest BCUT2D eigenvalue weighted by atomic mass is 9.77. The lowest BCUT2D eigenvalue weighted by molar-refractivity contribution is 0.00578. The minimum absolute atomic E-state index is 0.151. The topological polar surface area (TPSA) is 86.8 Å². The first-order valence-electron chi connectivity index (χ1n) is 9.61. The van der Waals surface area contributed by atoms with Crippen LogP contribution in [0.2, 0.25) is 0 Å². The molecule has 0 radical (unpaired) electrons. The van der Waals surface area contributed by atoms with E-state index in [2.05, 4.69) is 10.3 Å². The van der Waals surface area contributed by atoms with Gasteiger partial charge < -0.3 is 19.4 Å². The minimum atomic E-state index is -0.661. The summed E-state index contributed by atoms with van der Waals surface area (Å²) < 4.78 is 17.5. The number of alkyl carbamates (subject to hydrolysis) is 1. The molecule has 1 aromatic carbocycles. The number of carbonyl (C=O) groups excluding carboxylic acids is 2. The summed E-state index contributed by atoms with van der Waals surface area (Å²) >= 11 is 1.25. The van der Waals surface area contributed by atoms with E-state index in [0.717, 1.165) is 5.56 Å². The largest absolute Gasteiger partial charge is 0.492 e. The van der Waals surface area contributed by atoms with E-state index in [9.17, 15) is 9.59 Å². The molecule has 1 saturated heterocycles. The predicted octanol–water partition coefficient (Wildman–Crippen LogP) is 3.90. The molecule has 1 aromatic heterocycles. The minimum Gasteiger partial charge on any atom is -0.445 e. The van der Waals surface area contributed by atoms with Gasteiger partial charge in [-0.05, 0) is 44.8 Å². The third-order valence-electron chi connectivity index (χ3n) is 5.18. The van der Waals surface area contributed by atoms with Crippen molar-refractivity contribution in [1.82, 2.24) is 10.3 Å². The van der Waals surface area contributed by atoms with Gasteiger partial charge in [-0.25, -0.2) is 9.78 Å². The van der Waals surface area contributed by atoms with Gasteiger partial charge >= 0.3 is 13.2 Å². The zero-order valence-electron chi connectivity index (χ0n) is 17.5. The highest BCUT2D eigenvalue weighted by Gasteiger charge is 2.52. The van der Waals surface area contributed by atoms with Crippen LogP contribution in [0.4, 0.5) is 4.79 Å². The van der Waals surface area contributed by atoms with Crippen LogP contribution in [0.5, 0.6) is 0 Å². The molecule has 2 heterocycles. The number of ether oxygens (including phenoxy) is 1. The highest BCUT2D eigenvalue weighted by atomic mass is 32.1. The third kappa shape index (κ3) is 5.35. The van der Waals surface area contributed by atoms with E-state index in [0.29, 0.717) is 22.5 Å². The van der Waals surface area contributed by atoms with Crippen molar-refractivity contribution in [2.75, 3.05) is 6.54 Å². The van der Waals surface area contributed by atoms with Gasteiger partial charge in [0.05, 0.1) is 16.9 Å². The standard InChI is InChI=1S/C21H25BN2O5S/c1-20(2)21(3,4)29-22(28-20)16(10-17-14-30-18(12-25)24-17)11-23-19(26)27-13-15-8-6-5-7-9-15/h5-10,12,14H,11,13H2,1-4H3,(H,23,26). The van der Waals surface area contributed by atoms with Gasteiger partial charge in [0.1, 0.15) is 6.61 Å². The molecule has 30 heavy (non-hydrogen) atoms. The van der Waals surface area contributed by atoms with Crippen molar-refractivity contribution in [2.24, 2.45) is 0 Å². The Morgan fingerprint density at radius 3 is 2.47 bits per heavy atom. The molecule has 0 saturated carbocycles. The van der Waals surface area contributed by atoms with E-state index in [4.69, 9.17) is 14.0 Å².